The lowest BCUT2D eigenvalue weighted by Gasteiger charge is -2.09. The van der Waals surface area contributed by atoms with Crippen molar-refractivity contribution in [2.45, 2.75) is 18.3 Å². The average Bonchev–Trinajstić information content (AvgIpc) is 2.70. The SMILES string of the molecule is COC(=O)c1cc(C)nc2nc(SCC(=O)Nc3ccc(C(F)(F)F)cc3)[nH]c(=O)c12. The van der Waals surface area contributed by atoms with Gasteiger partial charge in [-0.05, 0) is 37.3 Å². The summed E-state index contributed by atoms with van der Waals surface area (Å²) in [5.41, 5.74) is -0.763. The second-order valence-corrected chi connectivity index (χ2v) is 7.25. The van der Waals surface area contributed by atoms with Crippen LogP contribution in [0, 0.1) is 6.92 Å². The summed E-state index contributed by atoms with van der Waals surface area (Å²) in [6.45, 7) is 1.62. The molecule has 0 spiro atoms. The van der Waals surface area contributed by atoms with E-state index in [0.29, 0.717) is 5.69 Å². The number of alkyl halides is 3. The van der Waals surface area contributed by atoms with Gasteiger partial charge in [-0.1, -0.05) is 11.8 Å². The van der Waals surface area contributed by atoms with Gasteiger partial charge in [0, 0.05) is 11.4 Å². The first-order valence-electron chi connectivity index (χ1n) is 8.68. The smallest absolute Gasteiger partial charge is 0.416 e. The molecule has 0 atom stereocenters. The van der Waals surface area contributed by atoms with Crippen molar-refractivity contribution < 1.29 is 27.5 Å². The standard InChI is InChI=1S/C19H15F3N4O4S/c1-9-7-12(17(29)30-2)14-15(23-9)25-18(26-16(14)28)31-8-13(27)24-11-5-3-10(4-6-11)19(20,21)22/h3-7H,8H2,1-2H3,(H,24,27)(H,23,25,26,28). The van der Waals surface area contributed by atoms with Gasteiger partial charge >= 0.3 is 12.1 Å². The molecule has 1 aromatic carbocycles. The second-order valence-electron chi connectivity index (χ2n) is 6.28. The Labute approximate surface area is 177 Å². The number of nitrogens with one attached hydrogen (secondary N) is 2. The van der Waals surface area contributed by atoms with Crippen molar-refractivity contribution in [2.24, 2.45) is 0 Å². The predicted molar refractivity (Wildman–Crippen MR) is 107 cm³/mol. The zero-order valence-electron chi connectivity index (χ0n) is 16.2. The maximum Gasteiger partial charge on any atom is 0.416 e. The number of H-pyrrole nitrogens is 1. The van der Waals surface area contributed by atoms with Crippen LogP contribution in [-0.4, -0.2) is 39.7 Å². The third kappa shape index (κ3) is 5.20. The topological polar surface area (TPSA) is 114 Å². The number of anilines is 1. The molecule has 8 nitrogen and oxygen atoms in total. The zero-order chi connectivity index (χ0) is 22.8. The maximum absolute atomic E-state index is 12.6. The summed E-state index contributed by atoms with van der Waals surface area (Å²) in [5, 5.41) is 2.52. The largest absolute Gasteiger partial charge is 0.465 e. The number of hydrogen-bond acceptors (Lipinski definition) is 7. The van der Waals surface area contributed by atoms with Crippen molar-refractivity contribution in [2.75, 3.05) is 18.2 Å². The molecule has 1 amide bonds. The van der Waals surface area contributed by atoms with Gasteiger partial charge in [-0.2, -0.15) is 13.2 Å². The summed E-state index contributed by atoms with van der Waals surface area (Å²) in [7, 11) is 1.19. The van der Waals surface area contributed by atoms with E-state index in [1.165, 1.54) is 13.2 Å². The van der Waals surface area contributed by atoms with Crippen LogP contribution in [0.2, 0.25) is 0 Å². The molecule has 0 radical (unpaired) electrons. The highest BCUT2D eigenvalue weighted by atomic mass is 32.2. The fourth-order valence-corrected chi connectivity index (χ4v) is 3.31. The Hall–Kier alpha value is -3.41. The van der Waals surface area contributed by atoms with Crippen LogP contribution in [0.1, 0.15) is 21.6 Å². The Morgan fingerprint density at radius 3 is 2.48 bits per heavy atom. The molecule has 31 heavy (non-hydrogen) atoms. The highest BCUT2D eigenvalue weighted by Crippen LogP contribution is 2.29. The molecular weight excluding hydrogens is 437 g/mol. The number of carbonyl (C=O) groups excluding carboxylic acids is 2. The number of nitrogens with zero attached hydrogens (tertiary/aromatic N) is 2. The van der Waals surface area contributed by atoms with Gasteiger partial charge in [-0.15, -0.1) is 0 Å². The lowest BCUT2D eigenvalue weighted by atomic mass is 10.1. The maximum atomic E-state index is 12.6. The Balaban J connectivity index is 1.74. The van der Waals surface area contributed by atoms with Crippen molar-refractivity contribution in [3.8, 4) is 0 Å². The molecule has 0 bridgehead atoms. The Morgan fingerprint density at radius 1 is 1.19 bits per heavy atom. The fourth-order valence-electron chi connectivity index (χ4n) is 2.66. The first-order valence-corrected chi connectivity index (χ1v) is 9.67. The number of aryl methyl sites for hydroxylation is 1. The van der Waals surface area contributed by atoms with Crippen molar-refractivity contribution in [1.29, 1.82) is 0 Å². The second kappa shape index (κ2) is 8.76. The number of carbonyl (C=O) groups is 2. The van der Waals surface area contributed by atoms with E-state index in [9.17, 15) is 27.6 Å². The normalized spacial score (nSPS) is 11.4. The predicted octanol–water partition coefficient (Wildman–Crippen LogP) is 3.16. The molecule has 0 aliphatic heterocycles. The summed E-state index contributed by atoms with van der Waals surface area (Å²) in [4.78, 5) is 47.3. The molecule has 0 fully saturated rings. The van der Waals surface area contributed by atoms with Crippen LogP contribution in [0.4, 0.5) is 18.9 Å². The molecule has 3 rings (SSSR count). The van der Waals surface area contributed by atoms with E-state index in [-0.39, 0.29) is 33.2 Å². The molecule has 2 aromatic heterocycles. The number of rotatable bonds is 5. The lowest BCUT2D eigenvalue weighted by Crippen LogP contribution is -2.18. The van der Waals surface area contributed by atoms with Gasteiger partial charge in [0.25, 0.3) is 5.56 Å². The lowest BCUT2D eigenvalue weighted by molar-refractivity contribution is -0.137. The number of aromatic amines is 1. The molecule has 0 aliphatic rings. The highest BCUT2D eigenvalue weighted by Gasteiger charge is 2.30. The van der Waals surface area contributed by atoms with E-state index >= 15 is 0 Å². The van der Waals surface area contributed by atoms with Gasteiger partial charge in [0.15, 0.2) is 10.8 Å². The molecular formula is C19H15F3N4O4S. The van der Waals surface area contributed by atoms with Gasteiger partial charge in [0.2, 0.25) is 5.91 Å². The number of pyridine rings is 1. The summed E-state index contributed by atoms with van der Waals surface area (Å²) < 4.78 is 42.5. The summed E-state index contributed by atoms with van der Waals surface area (Å²) in [6.07, 6.45) is -4.47. The average molecular weight is 452 g/mol. The van der Waals surface area contributed by atoms with Crippen LogP contribution >= 0.6 is 11.8 Å². The third-order valence-corrected chi connectivity index (χ3v) is 4.90. The van der Waals surface area contributed by atoms with Crippen LogP contribution in [0.5, 0.6) is 0 Å². The van der Waals surface area contributed by atoms with E-state index in [0.717, 1.165) is 36.0 Å². The Morgan fingerprint density at radius 2 is 1.87 bits per heavy atom. The number of aromatic nitrogens is 3. The number of methoxy groups -OCH3 is 1. The Bertz CT molecular complexity index is 1210. The zero-order valence-corrected chi connectivity index (χ0v) is 17.0. The number of hydrogen-bond donors (Lipinski definition) is 2. The molecule has 162 valence electrons. The number of amides is 1. The summed E-state index contributed by atoms with van der Waals surface area (Å²) in [5.74, 6) is -1.40. The molecule has 3 aromatic rings. The first-order chi connectivity index (χ1) is 14.6. The molecule has 2 N–H and O–H groups in total. The number of thioether (sulfide) groups is 1. The minimum absolute atomic E-state index is 0.0230. The van der Waals surface area contributed by atoms with Gasteiger partial charge in [0.1, 0.15) is 0 Å². The van der Waals surface area contributed by atoms with Gasteiger partial charge in [0.05, 0.1) is 29.4 Å². The number of esters is 1. The van der Waals surface area contributed by atoms with E-state index in [1.54, 1.807) is 6.92 Å². The van der Waals surface area contributed by atoms with E-state index in [4.69, 9.17) is 0 Å². The molecule has 12 heteroatoms. The molecule has 0 unspecified atom stereocenters. The molecule has 0 aliphatic carbocycles. The van der Waals surface area contributed by atoms with Crippen LogP contribution in [0.15, 0.2) is 40.3 Å². The molecule has 0 saturated heterocycles. The number of benzene rings is 1. The third-order valence-electron chi connectivity index (χ3n) is 4.02. The fraction of sp³-hybridized carbons (Fsp3) is 0.211. The highest BCUT2D eigenvalue weighted by molar-refractivity contribution is 7.99. The van der Waals surface area contributed by atoms with E-state index < -0.39 is 29.2 Å². The quantitative estimate of drug-likeness (QED) is 0.347. The number of halogens is 3. The monoisotopic (exact) mass is 452 g/mol. The number of ether oxygens (including phenoxy) is 1. The van der Waals surface area contributed by atoms with Crippen molar-refractivity contribution in [1.82, 2.24) is 15.0 Å². The van der Waals surface area contributed by atoms with Gasteiger partial charge in [-0.25, -0.2) is 14.8 Å². The van der Waals surface area contributed by atoms with Crippen LogP contribution in [0.3, 0.4) is 0 Å². The van der Waals surface area contributed by atoms with Crippen molar-refractivity contribution in [3.63, 3.8) is 0 Å². The summed E-state index contributed by atoms with van der Waals surface area (Å²) in [6, 6.07) is 5.41. The summed E-state index contributed by atoms with van der Waals surface area (Å²) >= 11 is 0.895. The Kier molecular flexibility index (Phi) is 6.29. The van der Waals surface area contributed by atoms with E-state index in [1.807, 2.05) is 0 Å². The minimum atomic E-state index is -4.47. The minimum Gasteiger partial charge on any atom is -0.465 e. The van der Waals surface area contributed by atoms with Crippen LogP contribution < -0.4 is 10.9 Å². The first kappa shape index (κ1) is 22.3. The molecule has 0 saturated carbocycles. The van der Waals surface area contributed by atoms with Gasteiger partial charge in [-0.3, -0.25) is 9.59 Å². The van der Waals surface area contributed by atoms with Crippen LogP contribution in [0.25, 0.3) is 11.0 Å². The van der Waals surface area contributed by atoms with Crippen molar-refractivity contribution >= 4 is 40.4 Å². The molecule has 2 heterocycles. The van der Waals surface area contributed by atoms with Crippen molar-refractivity contribution in [3.05, 3.63) is 57.5 Å². The van der Waals surface area contributed by atoms with Gasteiger partial charge < -0.3 is 15.0 Å². The number of fused-ring (bicyclic) bond motifs is 1. The van der Waals surface area contributed by atoms with E-state index in [2.05, 4.69) is 25.0 Å². The van der Waals surface area contributed by atoms with Crippen LogP contribution in [-0.2, 0) is 15.7 Å².